The predicted octanol–water partition coefficient (Wildman–Crippen LogP) is 4.94. The van der Waals surface area contributed by atoms with Gasteiger partial charge >= 0.3 is 0 Å². The van der Waals surface area contributed by atoms with Crippen molar-refractivity contribution in [2.45, 2.75) is 38.6 Å². The van der Waals surface area contributed by atoms with Crippen LogP contribution in [-0.2, 0) is 0 Å². The predicted molar refractivity (Wildman–Crippen MR) is 77.5 cm³/mol. The number of rotatable bonds is 5. The van der Waals surface area contributed by atoms with Crippen molar-refractivity contribution >= 4 is 27.5 Å². The van der Waals surface area contributed by atoms with Crippen LogP contribution in [0.2, 0.25) is 5.02 Å². The SMILES string of the molecule is CCNC(CC1CCC1)c1ccc(Cl)cc1Br. The van der Waals surface area contributed by atoms with E-state index in [1.807, 2.05) is 12.1 Å². The van der Waals surface area contributed by atoms with Crippen LogP contribution in [0.1, 0.15) is 44.2 Å². The maximum absolute atomic E-state index is 5.99. The van der Waals surface area contributed by atoms with Crippen molar-refractivity contribution in [2.24, 2.45) is 5.92 Å². The highest BCUT2D eigenvalue weighted by Crippen LogP contribution is 2.37. The lowest BCUT2D eigenvalue weighted by Gasteiger charge is -2.30. The number of nitrogens with one attached hydrogen (secondary N) is 1. The van der Waals surface area contributed by atoms with E-state index in [4.69, 9.17) is 11.6 Å². The zero-order chi connectivity index (χ0) is 12.3. The minimum Gasteiger partial charge on any atom is -0.310 e. The number of hydrogen-bond donors (Lipinski definition) is 1. The van der Waals surface area contributed by atoms with Crippen LogP contribution in [0.15, 0.2) is 22.7 Å². The molecule has 1 aliphatic carbocycles. The highest BCUT2D eigenvalue weighted by molar-refractivity contribution is 9.10. The molecule has 1 aromatic carbocycles. The molecule has 0 aliphatic heterocycles. The van der Waals surface area contributed by atoms with Crippen LogP contribution in [0.5, 0.6) is 0 Å². The molecular weight excluding hydrogens is 298 g/mol. The van der Waals surface area contributed by atoms with Crippen molar-refractivity contribution < 1.29 is 0 Å². The first-order chi connectivity index (χ1) is 8.20. The third-order valence-electron chi connectivity index (χ3n) is 3.58. The lowest BCUT2D eigenvalue weighted by atomic mass is 9.79. The molecule has 1 aliphatic rings. The Morgan fingerprint density at radius 1 is 1.47 bits per heavy atom. The normalized spacial score (nSPS) is 17.8. The van der Waals surface area contributed by atoms with Gasteiger partial charge in [-0.2, -0.15) is 0 Å². The summed E-state index contributed by atoms with van der Waals surface area (Å²) < 4.78 is 1.12. The highest BCUT2D eigenvalue weighted by Gasteiger charge is 2.23. The van der Waals surface area contributed by atoms with E-state index in [9.17, 15) is 0 Å². The van der Waals surface area contributed by atoms with E-state index in [0.717, 1.165) is 22.0 Å². The molecule has 1 saturated carbocycles. The maximum atomic E-state index is 5.99. The molecule has 1 aromatic rings. The Morgan fingerprint density at radius 2 is 2.24 bits per heavy atom. The van der Waals surface area contributed by atoms with Crippen LogP contribution in [0.25, 0.3) is 0 Å². The zero-order valence-electron chi connectivity index (χ0n) is 10.2. The van der Waals surface area contributed by atoms with Crippen molar-refractivity contribution in [2.75, 3.05) is 6.54 Å². The molecule has 0 radical (unpaired) electrons. The second-order valence-corrected chi connectivity index (χ2v) is 6.10. The summed E-state index contributed by atoms with van der Waals surface area (Å²) in [5, 5.41) is 4.38. The molecule has 0 saturated heterocycles. The topological polar surface area (TPSA) is 12.0 Å². The van der Waals surface area contributed by atoms with Crippen molar-refractivity contribution in [3.05, 3.63) is 33.3 Å². The standard InChI is InChI=1S/C14H19BrClN/c1-2-17-14(8-10-4-3-5-10)12-7-6-11(16)9-13(12)15/h6-7,9-10,14,17H,2-5,8H2,1H3. The first kappa shape index (κ1) is 13.4. The fraction of sp³-hybridized carbons (Fsp3) is 0.571. The summed E-state index contributed by atoms with van der Waals surface area (Å²) in [6.07, 6.45) is 5.44. The second kappa shape index (κ2) is 6.21. The van der Waals surface area contributed by atoms with Crippen LogP contribution in [0, 0.1) is 5.92 Å². The first-order valence-corrected chi connectivity index (χ1v) is 7.56. The Morgan fingerprint density at radius 3 is 2.76 bits per heavy atom. The van der Waals surface area contributed by atoms with Gasteiger partial charge in [0.15, 0.2) is 0 Å². The quantitative estimate of drug-likeness (QED) is 0.811. The summed E-state index contributed by atoms with van der Waals surface area (Å²) >= 11 is 9.62. The molecule has 1 atom stereocenters. The summed E-state index contributed by atoms with van der Waals surface area (Å²) in [6, 6.07) is 6.56. The van der Waals surface area contributed by atoms with Crippen molar-refractivity contribution in [3.63, 3.8) is 0 Å². The van der Waals surface area contributed by atoms with Gasteiger partial charge in [-0.25, -0.2) is 0 Å². The highest BCUT2D eigenvalue weighted by atomic mass is 79.9. The van der Waals surface area contributed by atoms with E-state index >= 15 is 0 Å². The third kappa shape index (κ3) is 3.46. The molecule has 3 heteroatoms. The van der Waals surface area contributed by atoms with E-state index in [2.05, 4.69) is 34.2 Å². The van der Waals surface area contributed by atoms with Crippen LogP contribution in [0.4, 0.5) is 0 Å². The van der Waals surface area contributed by atoms with Gasteiger partial charge < -0.3 is 5.32 Å². The third-order valence-corrected chi connectivity index (χ3v) is 4.50. The van der Waals surface area contributed by atoms with Gasteiger partial charge in [0.2, 0.25) is 0 Å². The van der Waals surface area contributed by atoms with Crippen molar-refractivity contribution in [3.8, 4) is 0 Å². The Hall–Kier alpha value is -0.0500. The average Bonchev–Trinajstić information content (AvgIpc) is 2.22. The molecule has 1 unspecified atom stereocenters. The summed E-state index contributed by atoms with van der Waals surface area (Å²) in [5.41, 5.74) is 1.34. The van der Waals surface area contributed by atoms with Gasteiger partial charge in [0.1, 0.15) is 0 Å². The van der Waals surface area contributed by atoms with E-state index in [1.54, 1.807) is 0 Å². The van der Waals surface area contributed by atoms with Crippen molar-refractivity contribution in [1.29, 1.82) is 0 Å². The fourth-order valence-corrected chi connectivity index (χ4v) is 3.37. The van der Waals surface area contributed by atoms with E-state index in [1.165, 1.54) is 31.2 Å². The molecule has 0 spiro atoms. The average molecular weight is 317 g/mol. The minimum atomic E-state index is 0.456. The smallest absolute Gasteiger partial charge is 0.0417 e. The van der Waals surface area contributed by atoms with E-state index in [0.29, 0.717) is 6.04 Å². The van der Waals surface area contributed by atoms with Crippen LogP contribution < -0.4 is 5.32 Å². The monoisotopic (exact) mass is 315 g/mol. The molecule has 0 amide bonds. The molecule has 1 fully saturated rings. The zero-order valence-corrected chi connectivity index (χ0v) is 12.5. The van der Waals surface area contributed by atoms with E-state index < -0.39 is 0 Å². The molecule has 1 N–H and O–H groups in total. The summed E-state index contributed by atoms with van der Waals surface area (Å²) in [7, 11) is 0. The van der Waals surface area contributed by atoms with Crippen LogP contribution in [0.3, 0.4) is 0 Å². The Balaban J connectivity index is 2.12. The number of hydrogen-bond acceptors (Lipinski definition) is 1. The fourth-order valence-electron chi connectivity index (χ4n) is 2.41. The minimum absolute atomic E-state index is 0.456. The second-order valence-electron chi connectivity index (χ2n) is 4.81. The molecule has 0 aromatic heterocycles. The Bertz CT molecular complexity index is 376. The largest absolute Gasteiger partial charge is 0.310 e. The summed E-state index contributed by atoms with van der Waals surface area (Å²) in [6.45, 7) is 3.17. The molecule has 2 rings (SSSR count). The molecule has 1 nitrogen and oxygen atoms in total. The molecule has 0 heterocycles. The van der Waals surface area contributed by atoms with Gasteiger partial charge in [-0.1, -0.05) is 59.8 Å². The van der Waals surface area contributed by atoms with E-state index in [-0.39, 0.29) is 0 Å². The molecule has 17 heavy (non-hydrogen) atoms. The van der Waals surface area contributed by atoms with Crippen LogP contribution in [-0.4, -0.2) is 6.54 Å². The number of halogens is 2. The van der Waals surface area contributed by atoms with Gasteiger partial charge in [-0.3, -0.25) is 0 Å². The molecule has 0 bridgehead atoms. The first-order valence-electron chi connectivity index (χ1n) is 6.39. The maximum Gasteiger partial charge on any atom is 0.0417 e. The molecular formula is C14H19BrClN. The molecule has 94 valence electrons. The lowest BCUT2D eigenvalue weighted by Crippen LogP contribution is -2.26. The van der Waals surface area contributed by atoms with Gasteiger partial charge in [0, 0.05) is 15.5 Å². The van der Waals surface area contributed by atoms with Gasteiger partial charge in [0.05, 0.1) is 0 Å². The summed E-state index contributed by atoms with van der Waals surface area (Å²) in [5.74, 6) is 0.904. The van der Waals surface area contributed by atoms with Gasteiger partial charge in [-0.05, 0) is 36.6 Å². The Labute approximate surface area is 117 Å². The number of benzene rings is 1. The Kier molecular flexibility index (Phi) is 4.89. The lowest BCUT2D eigenvalue weighted by molar-refractivity contribution is 0.262. The van der Waals surface area contributed by atoms with Gasteiger partial charge in [-0.15, -0.1) is 0 Å². The van der Waals surface area contributed by atoms with Crippen molar-refractivity contribution in [1.82, 2.24) is 5.32 Å². The summed E-state index contributed by atoms with van der Waals surface area (Å²) in [4.78, 5) is 0. The van der Waals surface area contributed by atoms with Crippen LogP contribution >= 0.6 is 27.5 Å². The van der Waals surface area contributed by atoms with Gasteiger partial charge in [0.25, 0.3) is 0 Å².